The third-order valence-electron chi connectivity index (χ3n) is 2.47. The lowest BCUT2D eigenvalue weighted by molar-refractivity contribution is 0.135. The van der Waals surface area contributed by atoms with Crippen LogP contribution in [0.15, 0.2) is 35.0 Å². The fourth-order valence-corrected chi connectivity index (χ4v) is 2.08. The molecule has 16 heavy (non-hydrogen) atoms. The zero-order chi connectivity index (χ0) is 11.4. The fraction of sp³-hybridized carbons (Fsp3) is 0.333. The molecule has 0 amide bonds. The normalized spacial score (nSPS) is 19.2. The molecule has 1 aliphatic rings. The van der Waals surface area contributed by atoms with Crippen LogP contribution in [-0.4, -0.2) is 12.6 Å². The van der Waals surface area contributed by atoms with Gasteiger partial charge in [-0.2, -0.15) is 0 Å². The first-order valence-corrected chi connectivity index (χ1v) is 6.04. The van der Waals surface area contributed by atoms with E-state index in [0.29, 0.717) is 0 Å². The minimum Gasteiger partial charge on any atom is -0.497 e. The minimum absolute atomic E-state index is 0.196. The molecule has 0 aromatic heterocycles. The molecule has 1 unspecified atom stereocenters. The van der Waals surface area contributed by atoms with Crippen LogP contribution in [0.25, 0.3) is 0 Å². The molecular weight excluding hydrogens is 273 g/mol. The summed E-state index contributed by atoms with van der Waals surface area (Å²) in [4.78, 5) is 0. The maximum atomic E-state index is 12.9. The molecule has 0 fully saturated rings. The summed E-state index contributed by atoms with van der Waals surface area (Å²) in [6.45, 7) is 0.731. The standard InChI is InChI=1S/C12H13BrFNO/c13-11-7-9(14)4-5-12(11)15-8-10-3-1-2-6-16-10/h2,4-7,10,15H,1,3,8H2. The van der Waals surface area contributed by atoms with Gasteiger partial charge in [-0.25, -0.2) is 4.39 Å². The van der Waals surface area contributed by atoms with Gasteiger partial charge in [0.05, 0.1) is 12.8 Å². The van der Waals surface area contributed by atoms with Gasteiger partial charge in [0.25, 0.3) is 0 Å². The Kier molecular flexibility index (Phi) is 3.83. The first-order chi connectivity index (χ1) is 7.75. The van der Waals surface area contributed by atoms with Crippen molar-refractivity contribution in [3.05, 3.63) is 40.8 Å². The van der Waals surface area contributed by atoms with Crippen molar-refractivity contribution in [2.45, 2.75) is 18.9 Å². The summed E-state index contributed by atoms with van der Waals surface area (Å²) < 4.78 is 19.0. The number of halogens is 2. The lowest BCUT2D eigenvalue weighted by Gasteiger charge is -2.20. The molecule has 0 aliphatic carbocycles. The first-order valence-electron chi connectivity index (χ1n) is 5.25. The lowest BCUT2D eigenvalue weighted by atomic mass is 10.1. The molecule has 0 radical (unpaired) electrons. The zero-order valence-corrected chi connectivity index (χ0v) is 10.3. The lowest BCUT2D eigenvalue weighted by Crippen LogP contribution is -2.23. The van der Waals surface area contributed by atoms with Crippen molar-refractivity contribution >= 4 is 21.6 Å². The van der Waals surface area contributed by atoms with Gasteiger partial charge in [-0.15, -0.1) is 0 Å². The van der Waals surface area contributed by atoms with E-state index in [1.54, 1.807) is 12.3 Å². The summed E-state index contributed by atoms with van der Waals surface area (Å²) in [6, 6.07) is 4.61. The number of nitrogens with one attached hydrogen (secondary N) is 1. The molecule has 1 atom stereocenters. The van der Waals surface area contributed by atoms with Crippen molar-refractivity contribution in [3.8, 4) is 0 Å². The van der Waals surface area contributed by atoms with Gasteiger partial charge < -0.3 is 10.1 Å². The van der Waals surface area contributed by atoms with Crippen molar-refractivity contribution in [3.63, 3.8) is 0 Å². The second-order valence-electron chi connectivity index (χ2n) is 3.71. The van der Waals surface area contributed by atoms with Crippen LogP contribution in [0.2, 0.25) is 0 Å². The average Bonchev–Trinajstić information content (AvgIpc) is 2.29. The molecule has 1 aromatic rings. The Morgan fingerprint density at radius 3 is 3.06 bits per heavy atom. The molecule has 1 aliphatic heterocycles. The number of rotatable bonds is 3. The van der Waals surface area contributed by atoms with Crippen LogP contribution in [0, 0.1) is 5.82 Å². The van der Waals surface area contributed by atoms with Crippen LogP contribution < -0.4 is 5.32 Å². The van der Waals surface area contributed by atoms with Crippen molar-refractivity contribution in [2.24, 2.45) is 0 Å². The Balaban J connectivity index is 1.91. The highest BCUT2D eigenvalue weighted by Gasteiger charge is 2.11. The topological polar surface area (TPSA) is 21.3 Å². The molecular formula is C12H13BrFNO. The van der Waals surface area contributed by atoms with Crippen LogP contribution in [-0.2, 0) is 4.74 Å². The Hall–Kier alpha value is -1.03. The van der Waals surface area contributed by atoms with Gasteiger partial charge in [0.15, 0.2) is 0 Å². The van der Waals surface area contributed by atoms with Crippen molar-refractivity contribution in [1.82, 2.24) is 0 Å². The van der Waals surface area contributed by atoms with Crippen molar-refractivity contribution in [2.75, 3.05) is 11.9 Å². The summed E-state index contributed by atoms with van der Waals surface area (Å²) in [7, 11) is 0. The Bertz CT molecular complexity index is 395. The highest BCUT2D eigenvalue weighted by Crippen LogP contribution is 2.23. The number of hydrogen-bond donors (Lipinski definition) is 1. The number of anilines is 1. The monoisotopic (exact) mass is 285 g/mol. The smallest absolute Gasteiger partial charge is 0.124 e. The Morgan fingerprint density at radius 2 is 2.38 bits per heavy atom. The number of ether oxygens (including phenoxy) is 1. The molecule has 1 heterocycles. The van der Waals surface area contributed by atoms with E-state index in [2.05, 4.69) is 21.2 Å². The summed E-state index contributed by atoms with van der Waals surface area (Å²) in [6.07, 6.45) is 6.03. The van der Waals surface area contributed by atoms with Gasteiger partial charge in [-0.05, 0) is 53.0 Å². The minimum atomic E-state index is -0.241. The van der Waals surface area contributed by atoms with E-state index in [0.717, 1.165) is 29.5 Å². The highest BCUT2D eigenvalue weighted by molar-refractivity contribution is 9.10. The van der Waals surface area contributed by atoms with Crippen LogP contribution in [0.5, 0.6) is 0 Å². The van der Waals surface area contributed by atoms with E-state index in [-0.39, 0.29) is 11.9 Å². The van der Waals surface area contributed by atoms with Gasteiger partial charge in [0.2, 0.25) is 0 Å². The molecule has 2 nitrogen and oxygen atoms in total. The predicted molar refractivity (Wildman–Crippen MR) is 65.8 cm³/mol. The third-order valence-corrected chi connectivity index (χ3v) is 3.13. The van der Waals surface area contributed by atoms with Gasteiger partial charge in [-0.1, -0.05) is 0 Å². The quantitative estimate of drug-likeness (QED) is 0.915. The first kappa shape index (κ1) is 11.5. The fourth-order valence-electron chi connectivity index (χ4n) is 1.59. The molecule has 0 bridgehead atoms. The number of hydrogen-bond acceptors (Lipinski definition) is 2. The maximum absolute atomic E-state index is 12.9. The van der Waals surface area contributed by atoms with Gasteiger partial charge in [-0.3, -0.25) is 0 Å². The maximum Gasteiger partial charge on any atom is 0.124 e. The Labute approximate surface area is 103 Å². The van der Waals surface area contributed by atoms with Crippen LogP contribution >= 0.6 is 15.9 Å². The van der Waals surface area contributed by atoms with E-state index in [1.807, 2.05) is 6.08 Å². The summed E-state index contributed by atoms with van der Waals surface area (Å²) >= 11 is 3.31. The molecule has 0 saturated heterocycles. The second kappa shape index (κ2) is 5.34. The molecule has 86 valence electrons. The van der Waals surface area contributed by atoms with E-state index in [9.17, 15) is 4.39 Å². The van der Waals surface area contributed by atoms with Gasteiger partial charge >= 0.3 is 0 Å². The Morgan fingerprint density at radius 1 is 1.50 bits per heavy atom. The van der Waals surface area contributed by atoms with E-state index in [4.69, 9.17) is 4.74 Å². The predicted octanol–water partition coefficient (Wildman–Crippen LogP) is 3.69. The van der Waals surface area contributed by atoms with Gasteiger partial charge in [0.1, 0.15) is 11.9 Å². The summed E-state index contributed by atoms with van der Waals surface area (Å²) in [5.41, 5.74) is 0.888. The molecule has 4 heteroatoms. The SMILES string of the molecule is Fc1ccc(NCC2CCC=CO2)c(Br)c1. The van der Waals surface area contributed by atoms with Crippen LogP contribution in [0.3, 0.4) is 0 Å². The summed E-state index contributed by atoms with van der Waals surface area (Å²) in [5.74, 6) is -0.241. The molecule has 2 rings (SSSR count). The molecule has 0 saturated carbocycles. The average molecular weight is 286 g/mol. The molecule has 0 spiro atoms. The van der Waals surface area contributed by atoms with E-state index >= 15 is 0 Å². The van der Waals surface area contributed by atoms with Gasteiger partial charge in [0, 0.05) is 10.2 Å². The van der Waals surface area contributed by atoms with E-state index in [1.165, 1.54) is 12.1 Å². The second-order valence-corrected chi connectivity index (χ2v) is 4.57. The van der Waals surface area contributed by atoms with Crippen LogP contribution in [0.4, 0.5) is 10.1 Å². The van der Waals surface area contributed by atoms with Crippen molar-refractivity contribution < 1.29 is 9.13 Å². The van der Waals surface area contributed by atoms with Crippen LogP contribution in [0.1, 0.15) is 12.8 Å². The largest absolute Gasteiger partial charge is 0.497 e. The van der Waals surface area contributed by atoms with Crippen molar-refractivity contribution in [1.29, 1.82) is 0 Å². The number of benzene rings is 1. The van der Waals surface area contributed by atoms with E-state index < -0.39 is 0 Å². The molecule has 1 aromatic carbocycles. The molecule has 1 N–H and O–H groups in total. The highest BCUT2D eigenvalue weighted by atomic mass is 79.9. The summed E-state index contributed by atoms with van der Waals surface area (Å²) in [5, 5.41) is 3.24. The number of allylic oxidation sites excluding steroid dienone is 1. The zero-order valence-electron chi connectivity index (χ0n) is 8.75. The third kappa shape index (κ3) is 2.98.